The maximum atomic E-state index is 12.7. The molecular weight excluding hydrogens is 434 g/mol. The molecule has 7 nitrogen and oxygen atoms in total. The van der Waals surface area contributed by atoms with Crippen molar-refractivity contribution in [3.8, 4) is 28.8 Å². The van der Waals surface area contributed by atoms with Crippen molar-refractivity contribution in [2.45, 2.75) is 12.4 Å². The van der Waals surface area contributed by atoms with Crippen LogP contribution in [0.15, 0.2) is 47.4 Å². The monoisotopic (exact) mass is 448 g/mol. The van der Waals surface area contributed by atoms with Crippen LogP contribution in [-0.4, -0.2) is 44.9 Å². The zero-order chi connectivity index (χ0) is 22.8. The molecule has 1 aromatic carbocycles. The van der Waals surface area contributed by atoms with Crippen molar-refractivity contribution < 1.29 is 35.8 Å². The van der Waals surface area contributed by atoms with E-state index in [2.05, 4.69) is 14.8 Å². The second-order valence-electron chi connectivity index (χ2n) is 6.27. The van der Waals surface area contributed by atoms with Crippen molar-refractivity contribution in [2.24, 2.45) is 7.05 Å². The van der Waals surface area contributed by atoms with Crippen molar-refractivity contribution in [1.82, 2.24) is 19.3 Å². The number of benzene rings is 1. The average molecular weight is 448 g/mol. The predicted octanol–water partition coefficient (Wildman–Crippen LogP) is 3.52. The fourth-order valence-corrected chi connectivity index (χ4v) is 2.48. The molecule has 0 aliphatic rings. The molecule has 0 bridgehead atoms. The molecule has 3 aromatic rings. The number of rotatable bonds is 6. The summed E-state index contributed by atoms with van der Waals surface area (Å²) in [6.07, 6.45) is -7.68. The predicted molar refractivity (Wildman–Crippen MR) is 95.1 cm³/mol. The van der Waals surface area contributed by atoms with Crippen LogP contribution in [0, 0.1) is 0 Å². The number of hydrogen-bond acceptors (Lipinski definition) is 5. The lowest BCUT2D eigenvalue weighted by Gasteiger charge is -2.15. The van der Waals surface area contributed by atoms with Gasteiger partial charge in [-0.15, -0.1) is 0 Å². The van der Waals surface area contributed by atoms with E-state index in [4.69, 9.17) is 4.74 Å². The molecule has 0 spiro atoms. The topological polar surface area (TPSA) is 71.2 Å². The smallest absolute Gasteiger partial charge is 0.422 e. The molecule has 0 amide bonds. The summed E-state index contributed by atoms with van der Waals surface area (Å²) in [5.74, 6) is -0.148. The van der Waals surface area contributed by atoms with Gasteiger partial charge in [0.15, 0.2) is 13.2 Å². The fourth-order valence-electron chi connectivity index (χ4n) is 2.48. The van der Waals surface area contributed by atoms with Crippen LogP contribution < -0.4 is 15.0 Å². The minimum Gasteiger partial charge on any atom is -0.484 e. The van der Waals surface area contributed by atoms with Crippen molar-refractivity contribution in [2.75, 3.05) is 13.2 Å². The van der Waals surface area contributed by atoms with E-state index in [1.807, 2.05) is 0 Å². The Morgan fingerprint density at radius 1 is 0.903 bits per heavy atom. The first-order valence-electron chi connectivity index (χ1n) is 8.55. The molecule has 2 aromatic heterocycles. The number of ether oxygens (including phenoxy) is 2. The highest BCUT2D eigenvalue weighted by molar-refractivity contribution is 5.54. The molecule has 2 heterocycles. The van der Waals surface area contributed by atoms with Crippen LogP contribution in [-0.2, 0) is 7.05 Å². The van der Waals surface area contributed by atoms with E-state index >= 15 is 0 Å². The second-order valence-corrected chi connectivity index (χ2v) is 6.27. The Morgan fingerprint density at radius 2 is 1.52 bits per heavy atom. The molecule has 0 aliphatic carbocycles. The van der Waals surface area contributed by atoms with Crippen LogP contribution in [0.25, 0.3) is 17.1 Å². The van der Waals surface area contributed by atoms with Gasteiger partial charge in [0.1, 0.15) is 17.1 Å². The standard InChI is InChI=1S/C18H14F6N4O3/c1-27-7-6-13(26-27)14-8-15(29)28(16(25-14)31-10-18(22,23)24)11-2-4-12(5-3-11)30-9-17(19,20)21/h2-8H,9-10H2,1H3. The van der Waals surface area contributed by atoms with E-state index in [1.54, 1.807) is 13.2 Å². The van der Waals surface area contributed by atoms with E-state index < -0.39 is 37.1 Å². The first kappa shape index (κ1) is 22.2. The number of hydrogen-bond donors (Lipinski definition) is 0. The van der Waals surface area contributed by atoms with Gasteiger partial charge in [0, 0.05) is 19.3 Å². The van der Waals surface area contributed by atoms with Crippen LogP contribution in [0.4, 0.5) is 26.3 Å². The molecule has 0 saturated carbocycles. The van der Waals surface area contributed by atoms with Crippen LogP contribution in [0.1, 0.15) is 0 Å². The maximum Gasteiger partial charge on any atom is 0.422 e. The highest BCUT2D eigenvalue weighted by Gasteiger charge is 2.30. The molecule has 0 N–H and O–H groups in total. The molecule has 0 saturated heterocycles. The van der Waals surface area contributed by atoms with E-state index in [-0.39, 0.29) is 22.8 Å². The normalized spacial score (nSPS) is 12.1. The maximum absolute atomic E-state index is 12.7. The number of alkyl halides is 6. The third-order valence-corrected chi connectivity index (χ3v) is 3.73. The van der Waals surface area contributed by atoms with Gasteiger partial charge >= 0.3 is 18.4 Å². The molecule has 31 heavy (non-hydrogen) atoms. The van der Waals surface area contributed by atoms with E-state index in [0.717, 1.165) is 22.8 Å². The van der Waals surface area contributed by atoms with Crippen molar-refractivity contribution in [3.63, 3.8) is 0 Å². The van der Waals surface area contributed by atoms with E-state index in [0.29, 0.717) is 0 Å². The van der Waals surface area contributed by atoms with Gasteiger partial charge in [0.2, 0.25) is 0 Å². The Hall–Kier alpha value is -3.51. The molecule has 0 unspecified atom stereocenters. The molecule has 13 heteroatoms. The van der Waals surface area contributed by atoms with Gasteiger partial charge in [-0.3, -0.25) is 9.48 Å². The van der Waals surface area contributed by atoms with Crippen LogP contribution in [0.5, 0.6) is 11.8 Å². The lowest BCUT2D eigenvalue weighted by atomic mass is 10.2. The summed E-state index contributed by atoms with van der Waals surface area (Å²) in [6, 6.07) is 6.55. The Bertz CT molecular complexity index is 1100. The Kier molecular flexibility index (Phi) is 5.95. The summed E-state index contributed by atoms with van der Waals surface area (Å²) in [7, 11) is 1.61. The number of halogens is 6. The minimum absolute atomic E-state index is 0.0100. The van der Waals surface area contributed by atoms with E-state index in [9.17, 15) is 31.1 Å². The van der Waals surface area contributed by atoms with Gasteiger partial charge < -0.3 is 9.47 Å². The lowest BCUT2D eigenvalue weighted by molar-refractivity contribution is -0.155. The molecule has 0 fully saturated rings. The third kappa shape index (κ3) is 5.99. The molecule has 0 atom stereocenters. The van der Waals surface area contributed by atoms with Crippen molar-refractivity contribution in [1.29, 1.82) is 0 Å². The summed E-state index contributed by atoms with van der Waals surface area (Å²) in [5, 5.41) is 4.05. The van der Waals surface area contributed by atoms with Crippen LogP contribution in [0.2, 0.25) is 0 Å². The molecule has 3 rings (SSSR count). The second kappa shape index (κ2) is 8.32. The fraction of sp³-hybridized carbons (Fsp3) is 0.278. The highest BCUT2D eigenvalue weighted by atomic mass is 19.4. The van der Waals surface area contributed by atoms with Crippen molar-refractivity contribution >= 4 is 0 Å². The summed E-state index contributed by atoms with van der Waals surface area (Å²) in [5.41, 5.74) is -0.540. The zero-order valence-electron chi connectivity index (χ0n) is 15.7. The first-order valence-corrected chi connectivity index (χ1v) is 8.55. The summed E-state index contributed by atoms with van der Waals surface area (Å²) < 4.78 is 86.3. The van der Waals surface area contributed by atoms with Crippen molar-refractivity contribution in [3.05, 3.63) is 52.9 Å². The molecular formula is C18H14F6N4O3. The number of aromatic nitrogens is 4. The summed E-state index contributed by atoms with van der Waals surface area (Å²) >= 11 is 0. The first-order chi connectivity index (χ1) is 14.4. The van der Waals surface area contributed by atoms with Gasteiger partial charge in [-0.25, -0.2) is 4.57 Å². The van der Waals surface area contributed by atoms with Crippen LogP contribution >= 0.6 is 0 Å². The largest absolute Gasteiger partial charge is 0.484 e. The number of aryl methyl sites for hydroxylation is 1. The van der Waals surface area contributed by atoms with Gasteiger partial charge in [-0.2, -0.15) is 36.4 Å². The lowest BCUT2D eigenvalue weighted by Crippen LogP contribution is -2.26. The molecule has 0 radical (unpaired) electrons. The van der Waals surface area contributed by atoms with Gasteiger partial charge in [0.25, 0.3) is 5.56 Å². The summed E-state index contributed by atoms with van der Waals surface area (Å²) in [4.78, 5) is 16.6. The molecule has 166 valence electrons. The summed E-state index contributed by atoms with van der Waals surface area (Å²) in [6.45, 7) is -3.23. The van der Waals surface area contributed by atoms with Gasteiger partial charge in [-0.05, 0) is 30.3 Å². The highest BCUT2D eigenvalue weighted by Crippen LogP contribution is 2.24. The molecule has 0 aliphatic heterocycles. The zero-order valence-corrected chi connectivity index (χ0v) is 15.7. The number of nitrogens with zero attached hydrogens (tertiary/aromatic N) is 4. The van der Waals surface area contributed by atoms with Crippen LogP contribution in [0.3, 0.4) is 0 Å². The Labute approximate surface area is 170 Å². The third-order valence-electron chi connectivity index (χ3n) is 3.73. The Balaban J connectivity index is 1.98. The van der Waals surface area contributed by atoms with Gasteiger partial charge in [0.05, 0.1) is 5.69 Å². The quantitative estimate of drug-likeness (QED) is 0.540. The Morgan fingerprint density at radius 3 is 2.06 bits per heavy atom. The van der Waals surface area contributed by atoms with E-state index in [1.165, 1.54) is 22.9 Å². The SMILES string of the molecule is Cn1ccc(-c2cc(=O)n(-c3ccc(OCC(F)(F)F)cc3)c(OCC(F)(F)F)n2)n1. The minimum atomic E-state index is -4.70. The van der Waals surface area contributed by atoms with Gasteiger partial charge in [-0.1, -0.05) is 0 Å². The average Bonchev–Trinajstić information content (AvgIpc) is 3.10.